The van der Waals surface area contributed by atoms with Crippen molar-refractivity contribution in [1.82, 2.24) is 30.7 Å². The number of halogens is 1. The highest BCUT2D eigenvalue weighted by molar-refractivity contribution is 14.0. The van der Waals surface area contributed by atoms with E-state index in [4.69, 9.17) is 4.99 Å². The van der Waals surface area contributed by atoms with E-state index < -0.39 is 0 Å². The Kier molecular flexibility index (Phi) is 8.89. The van der Waals surface area contributed by atoms with Gasteiger partial charge in [0.1, 0.15) is 5.82 Å². The number of hydrogen-bond donors (Lipinski definition) is 3. The van der Waals surface area contributed by atoms with Crippen LogP contribution in [0.3, 0.4) is 0 Å². The molecule has 32 heavy (non-hydrogen) atoms. The number of carbonyl (C=O) groups excluding carboxylic acids is 1. The quantitative estimate of drug-likeness (QED) is 0.280. The van der Waals surface area contributed by atoms with Crippen LogP contribution in [0.4, 0.5) is 0 Å². The van der Waals surface area contributed by atoms with Crippen molar-refractivity contribution in [2.75, 3.05) is 0 Å². The van der Waals surface area contributed by atoms with E-state index >= 15 is 0 Å². The zero-order valence-electron chi connectivity index (χ0n) is 18.9. The normalized spacial score (nSPS) is 20.9. The van der Waals surface area contributed by atoms with Crippen molar-refractivity contribution >= 4 is 35.8 Å². The van der Waals surface area contributed by atoms with E-state index in [1.807, 2.05) is 36.7 Å². The highest BCUT2D eigenvalue weighted by atomic mass is 127. The first-order valence-electron chi connectivity index (χ1n) is 11.3. The van der Waals surface area contributed by atoms with Gasteiger partial charge in [0.2, 0.25) is 5.91 Å². The number of aryl methyl sites for hydroxylation is 1. The molecule has 2 aliphatic rings. The third kappa shape index (κ3) is 6.91. The van der Waals surface area contributed by atoms with Gasteiger partial charge in [-0.3, -0.25) is 4.79 Å². The van der Waals surface area contributed by atoms with E-state index in [-0.39, 0.29) is 41.8 Å². The molecule has 1 aromatic carbocycles. The number of rotatable bonds is 7. The second kappa shape index (κ2) is 11.6. The van der Waals surface area contributed by atoms with E-state index in [0.717, 1.165) is 61.7 Å². The standard InChI is InChI=1S/C23H33N7O.HI/c1-16-28-29-21(30(16)2)15-25-23(24-14-17-7-4-3-5-8-17)27-20-10-6-9-18(13-20)22(31)26-19-11-12-19;/h3-5,7-8,18-20H,6,9-15H2,1-2H3,(H,26,31)(H2,24,25,27);1H. The van der Waals surface area contributed by atoms with Gasteiger partial charge in [-0.05, 0) is 44.6 Å². The first-order valence-corrected chi connectivity index (χ1v) is 11.3. The van der Waals surface area contributed by atoms with Gasteiger partial charge in [0.15, 0.2) is 11.8 Å². The van der Waals surface area contributed by atoms with Gasteiger partial charge in [0.05, 0.1) is 13.1 Å². The molecular weight excluding hydrogens is 517 g/mol. The summed E-state index contributed by atoms with van der Waals surface area (Å²) >= 11 is 0. The first-order chi connectivity index (χ1) is 15.1. The molecule has 2 aromatic rings. The summed E-state index contributed by atoms with van der Waals surface area (Å²) < 4.78 is 1.97. The summed E-state index contributed by atoms with van der Waals surface area (Å²) in [7, 11) is 1.96. The summed E-state index contributed by atoms with van der Waals surface area (Å²) in [4.78, 5) is 17.3. The molecule has 0 spiro atoms. The third-order valence-electron chi connectivity index (χ3n) is 6.17. The number of aromatic nitrogens is 3. The Labute approximate surface area is 207 Å². The number of amides is 1. The molecule has 0 saturated heterocycles. The maximum absolute atomic E-state index is 12.5. The van der Waals surface area contributed by atoms with E-state index in [1.54, 1.807) is 0 Å². The lowest BCUT2D eigenvalue weighted by Crippen LogP contribution is -2.47. The summed E-state index contributed by atoms with van der Waals surface area (Å²) in [5, 5.41) is 18.5. The molecule has 0 bridgehead atoms. The molecule has 174 valence electrons. The van der Waals surface area contributed by atoms with Crippen LogP contribution in [-0.2, 0) is 24.9 Å². The molecule has 2 fully saturated rings. The van der Waals surface area contributed by atoms with E-state index in [2.05, 4.69) is 38.3 Å². The number of aliphatic imine (C=N–C) groups is 1. The number of nitrogens with zero attached hydrogens (tertiary/aromatic N) is 4. The molecule has 8 nitrogen and oxygen atoms in total. The fourth-order valence-electron chi connectivity index (χ4n) is 3.97. The van der Waals surface area contributed by atoms with Crippen molar-refractivity contribution in [2.45, 2.75) is 70.6 Å². The predicted octanol–water partition coefficient (Wildman–Crippen LogP) is 2.81. The van der Waals surface area contributed by atoms with Crippen LogP contribution in [-0.4, -0.2) is 38.7 Å². The highest BCUT2D eigenvalue weighted by Gasteiger charge is 2.31. The summed E-state index contributed by atoms with van der Waals surface area (Å²) in [5.74, 6) is 2.79. The molecule has 2 unspecified atom stereocenters. The lowest BCUT2D eigenvalue weighted by Gasteiger charge is -2.30. The largest absolute Gasteiger partial charge is 0.354 e. The molecule has 1 amide bonds. The Morgan fingerprint density at radius 3 is 2.56 bits per heavy atom. The smallest absolute Gasteiger partial charge is 0.223 e. The van der Waals surface area contributed by atoms with Crippen LogP contribution >= 0.6 is 24.0 Å². The average molecular weight is 551 g/mol. The van der Waals surface area contributed by atoms with Crippen molar-refractivity contribution in [1.29, 1.82) is 0 Å². The minimum absolute atomic E-state index is 0. The monoisotopic (exact) mass is 551 g/mol. The molecule has 1 heterocycles. The molecule has 0 radical (unpaired) electrons. The lowest BCUT2D eigenvalue weighted by molar-refractivity contribution is -0.126. The number of hydrogen-bond acceptors (Lipinski definition) is 4. The van der Waals surface area contributed by atoms with Crippen LogP contribution in [0.5, 0.6) is 0 Å². The van der Waals surface area contributed by atoms with Gasteiger partial charge in [-0.15, -0.1) is 34.2 Å². The Bertz CT molecular complexity index is 910. The van der Waals surface area contributed by atoms with Gasteiger partial charge in [-0.25, -0.2) is 4.99 Å². The van der Waals surface area contributed by atoms with Crippen LogP contribution in [0.15, 0.2) is 35.3 Å². The summed E-state index contributed by atoms with van der Waals surface area (Å²) in [6.45, 7) is 3.07. The maximum atomic E-state index is 12.5. The van der Waals surface area contributed by atoms with Crippen molar-refractivity contribution in [2.24, 2.45) is 18.0 Å². The fraction of sp³-hybridized carbons (Fsp3) is 0.565. The SMILES string of the molecule is Cc1nnc(CNC(=NCc2ccccc2)NC2CCCC(C(=O)NC3CC3)C2)n1C.I. The minimum Gasteiger partial charge on any atom is -0.354 e. The van der Waals surface area contributed by atoms with E-state index in [9.17, 15) is 4.79 Å². The van der Waals surface area contributed by atoms with Gasteiger partial charge in [0.25, 0.3) is 0 Å². The molecule has 4 rings (SSSR count). The molecule has 3 N–H and O–H groups in total. The van der Waals surface area contributed by atoms with Crippen molar-refractivity contribution < 1.29 is 4.79 Å². The lowest BCUT2D eigenvalue weighted by atomic mass is 9.85. The van der Waals surface area contributed by atoms with E-state index in [1.165, 1.54) is 0 Å². The Morgan fingerprint density at radius 1 is 1.09 bits per heavy atom. The molecule has 1 aromatic heterocycles. The van der Waals surface area contributed by atoms with Gasteiger partial charge >= 0.3 is 0 Å². The van der Waals surface area contributed by atoms with Gasteiger partial charge < -0.3 is 20.5 Å². The fourth-order valence-corrected chi connectivity index (χ4v) is 3.97. The van der Waals surface area contributed by atoms with E-state index in [0.29, 0.717) is 19.1 Å². The Balaban J connectivity index is 0.00000289. The van der Waals surface area contributed by atoms with Gasteiger partial charge in [-0.2, -0.15) is 0 Å². The Hall–Kier alpha value is -2.17. The zero-order chi connectivity index (χ0) is 21.6. The van der Waals surface area contributed by atoms with Crippen molar-refractivity contribution in [3.05, 3.63) is 47.5 Å². The summed E-state index contributed by atoms with van der Waals surface area (Å²) in [6, 6.07) is 10.9. The van der Waals surface area contributed by atoms with Gasteiger partial charge in [0, 0.05) is 25.0 Å². The second-order valence-corrected chi connectivity index (χ2v) is 8.71. The van der Waals surface area contributed by atoms with Crippen LogP contribution < -0.4 is 16.0 Å². The number of carbonyl (C=O) groups is 1. The number of benzene rings is 1. The number of guanidine groups is 1. The molecular formula is C23H34IN7O. The van der Waals surface area contributed by atoms with Crippen molar-refractivity contribution in [3.8, 4) is 0 Å². The second-order valence-electron chi connectivity index (χ2n) is 8.71. The van der Waals surface area contributed by atoms with Crippen LogP contribution in [0, 0.1) is 12.8 Å². The molecule has 9 heteroatoms. The van der Waals surface area contributed by atoms with Crippen LogP contribution in [0.2, 0.25) is 0 Å². The van der Waals surface area contributed by atoms with Crippen LogP contribution in [0.1, 0.15) is 55.7 Å². The van der Waals surface area contributed by atoms with Gasteiger partial charge in [-0.1, -0.05) is 36.8 Å². The Morgan fingerprint density at radius 2 is 1.88 bits per heavy atom. The highest BCUT2D eigenvalue weighted by Crippen LogP contribution is 2.26. The molecule has 2 atom stereocenters. The summed E-state index contributed by atoms with van der Waals surface area (Å²) in [5.41, 5.74) is 1.16. The maximum Gasteiger partial charge on any atom is 0.223 e. The van der Waals surface area contributed by atoms with Crippen molar-refractivity contribution in [3.63, 3.8) is 0 Å². The molecule has 2 aliphatic carbocycles. The topological polar surface area (TPSA) is 96.2 Å². The number of nitrogens with one attached hydrogen (secondary N) is 3. The molecule has 2 saturated carbocycles. The average Bonchev–Trinajstić information content (AvgIpc) is 3.55. The zero-order valence-corrected chi connectivity index (χ0v) is 21.2. The summed E-state index contributed by atoms with van der Waals surface area (Å²) in [6.07, 6.45) is 6.16. The third-order valence-corrected chi connectivity index (χ3v) is 6.17. The predicted molar refractivity (Wildman–Crippen MR) is 136 cm³/mol. The first kappa shape index (κ1) is 24.5. The molecule has 0 aliphatic heterocycles. The van der Waals surface area contributed by atoms with Crippen LogP contribution in [0.25, 0.3) is 0 Å². The minimum atomic E-state index is 0.